The number of anilines is 1. The van der Waals surface area contributed by atoms with E-state index in [0.717, 1.165) is 16.5 Å². The second kappa shape index (κ2) is 5.02. The van der Waals surface area contributed by atoms with Gasteiger partial charge in [0.25, 0.3) is 0 Å². The summed E-state index contributed by atoms with van der Waals surface area (Å²) in [6.07, 6.45) is 2.40. The second-order valence-corrected chi connectivity index (χ2v) is 5.11. The van der Waals surface area contributed by atoms with Crippen LogP contribution < -0.4 is 10.2 Å². The van der Waals surface area contributed by atoms with Crippen LogP contribution in [0, 0.1) is 0 Å². The zero-order valence-corrected chi connectivity index (χ0v) is 11.1. The molecule has 1 aliphatic rings. The Morgan fingerprint density at radius 1 is 1.21 bits per heavy atom. The van der Waals surface area contributed by atoms with Crippen LogP contribution in [0.5, 0.6) is 0 Å². The van der Waals surface area contributed by atoms with Gasteiger partial charge in [0.05, 0.1) is 12.2 Å². The van der Waals surface area contributed by atoms with Crippen molar-refractivity contribution in [2.45, 2.75) is 18.9 Å². The lowest BCUT2D eigenvalue weighted by Crippen LogP contribution is -2.36. The standard InChI is InChI=1S/C16H18N2O/c1-18(16(19)11-17-13-9-10-13)15-8-4-6-12-5-2-3-7-14(12)15/h2-8,13,17H,9-11H2,1H3. The predicted molar refractivity (Wildman–Crippen MR) is 78.4 cm³/mol. The Kier molecular flexibility index (Phi) is 3.22. The third kappa shape index (κ3) is 2.61. The highest BCUT2D eigenvalue weighted by molar-refractivity contribution is 6.03. The van der Waals surface area contributed by atoms with Gasteiger partial charge in [-0.3, -0.25) is 4.79 Å². The van der Waals surface area contributed by atoms with E-state index in [-0.39, 0.29) is 5.91 Å². The molecule has 3 nitrogen and oxygen atoms in total. The largest absolute Gasteiger partial charge is 0.314 e. The Hall–Kier alpha value is -1.87. The number of likely N-dealkylation sites (N-methyl/N-ethyl adjacent to an activating group) is 1. The van der Waals surface area contributed by atoms with Crippen molar-refractivity contribution in [3.8, 4) is 0 Å². The summed E-state index contributed by atoms with van der Waals surface area (Å²) < 4.78 is 0. The molecule has 0 unspecified atom stereocenters. The van der Waals surface area contributed by atoms with E-state index < -0.39 is 0 Å². The summed E-state index contributed by atoms with van der Waals surface area (Å²) in [7, 11) is 1.85. The summed E-state index contributed by atoms with van der Waals surface area (Å²) in [5.74, 6) is 0.114. The Labute approximate surface area is 113 Å². The summed E-state index contributed by atoms with van der Waals surface area (Å²) >= 11 is 0. The molecule has 3 heteroatoms. The van der Waals surface area contributed by atoms with Crippen molar-refractivity contribution in [3.05, 3.63) is 42.5 Å². The summed E-state index contributed by atoms with van der Waals surface area (Å²) in [5, 5.41) is 5.54. The van der Waals surface area contributed by atoms with Crippen LogP contribution in [0.2, 0.25) is 0 Å². The zero-order valence-electron chi connectivity index (χ0n) is 11.1. The molecule has 0 atom stereocenters. The summed E-state index contributed by atoms with van der Waals surface area (Å²) in [6.45, 7) is 0.421. The van der Waals surface area contributed by atoms with Gasteiger partial charge in [-0.15, -0.1) is 0 Å². The molecule has 98 valence electrons. The van der Waals surface area contributed by atoms with E-state index in [4.69, 9.17) is 0 Å². The molecule has 1 N–H and O–H groups in total. The van der Waals surface area contributed by atoms with Crippen molar-refractivity contribution in [2.75, 3.05) is 18.5 Å². The third-order valence-corrected chi connectivity index (χ3v) is 3.62. The molecule has 0 heterocycles. The zero-order chi connectivity index (χ0) is 13.2. The van der Waals surface area contributed by atoms with Gasteiger partial charge in [-0.1, -0.05) is 36.4 Å². The number of amides is 1. The molecule has 1 amide bonds. The van der Waals surface area contributed by atoms with E-state index >= 15 is 0 Å². The summed E-state index contributed by atoms with van der Waals surface area (Å²) in [4.78, 5) is 13.9. The van der Waals surface area contributed by atoms with Gasteiger partial charge < -0.3 is 10.2 Å². The number of carbonyl (C=O) groups is 1. The fourth-order valence-electron chi connectivity index (χ4n) is 2.27. The molecule has 1 aliphatic carbocycles. The molecule has 19 heavy (non-hydrogen) atoms. The van der Waals surface area contributed by atoms with Crippen LogP contribution in [-0.2, 0) is 4.79 Å². The van der Waals surface area contributed by atoms with Gasteiger partial charge >= 0.3 is 0 Å². The number of nitrogens with zero attached hydrogens (tertiary/aromatic N) is 1. The SMILES string of the molecule is CN(C(=O)CNC1CC1)c1cccc2ccccc12. The first kappa shape index (κ1) is 12.2. The maximum Gasteiger partial charge on any atom is 0.240 e. The fourth-order valence-corrected chi connectivity index (χ4v) is 2.27. The highest BCUT2D eigenvalue weighted by Crippen LogP contribution is 2.26. The summed E-state index contributed by atoms with van der Waals surface area (Å²) in [6, 6.07) is 14.8. The third-order valence-electron chi connectivity index (χ3n) is 3.62. The molecule has 0 saturated heterocycles. The van der Waals surface area contributed by atoms with Crippen LogP contribution in [-0.4, -0.2) is 25.5 Å². The van der Waals surface area contributed by atoms with E-state index in [1.165, 1.54) is 12.8 Å². The minimum absolute atomic E-state index is 0.114. The molecule has 3 rings (SSSR count). The number of hydrogen-bond donors (Lipinski definition) is 1. The van der Waals surface area contributed by atoms with Gasteiger partial charge in [0, 0.05) is 18.5 Å². The molecule has 1 saturated carbocycles. The first-order chi connectivity index (χ1) is 9.25. The van der Waals surface area contributed by atoms with Crippen LogP contribution in [0.1, 0.15) is 12.8 Å². The topological polar surface area (TPSA) is 32.3 Å². The van der Waals surface area contributed by atoms with Gasteiger partial charge in [-0.05, 0) is 24.3 Å². The lowest BCUT2D eigenvalue weighted by Gasteiger charge is -2.19. The van der Waals surface area contributed by atoms with Crippen molar-refractivity contribution < 1.29 is 4.79 Å². The van der Waals surface area contributed by atoms with Crippen molar-refractivity contribution in [1.29, 1.82) is 0 Å². The lowest BCUT2D eigenvalue weighted by atomic mass is 10.1. The Morgan fingerprint density at radius 3 is 2.74 bits per heavy atom. The molecular weight excluding hydrogens is 236 g/mol. The number of benzene rings is 2. The quantitative estimate of drug-likeness (QED) is 0.909. The Balaban J connectivity index is 1.83. The number of fused-ring (bicyclic) bond motifs is 1. The van der Waals surface area contributed by atoms with E-state index in [0.29, 0.717) is 12.6 Å². The first-order valence-electron chi connectivity index (χ1n) is 6.73. The number of hydrogen-bond acceptors (Lipinski definition) is 2. The van der Waals surface area contributed by atoms with Crippen molar-refractivity contribution in [1.82, 2.24) is 5.32 Å². The van der Waals surface area contributed by atoms with E-state index in [9.17, 15) is 4.79 Å². The molecule has 0 spiro atoms. The number of carbonyl (C=O) groups excluding carboxylic acids is 1. The van der Waals surface area contributed by atoms with Gasteiger partial charge in [-0.2, -0.15) is 0 Å². The molecule has 2 aromatic carbocycles. The normalized spacial score (nSPS) is 14.6. The van der Waals surface area contributed by atoms with Crippen LogP contribution in [0.4, 0.5) is 5.69 Å². The highest BCUT2D eigenvalue weighted by Gasteiger charge is 2.22. The average molecular weight is 254 g/mol. The highest BCUT2D eigenvalue weighted by atomic mass is 16.2. The number of nitrogens with one attached hydrogen (secondary N) is 1. The van der Waals surface area contributed by atoms with E-state index in [1.807, 2.05) is 31.3 Å². The monoisotopic (exact) mass is 254 g/mol. The predicted octanol–water partition coefficient (Wildman–Crippen LogP) is 2.55. The van der Waals surface area contributed by atoms with Crippen LogP contribution in [0.3, 0.4) is 0 Å². The average Bonchev–Trinajstić information content (AvgIpc) is 3.27. The lowest BCUT2D eigenvalue weighted by molar-refractivity contribution is -0.117. The molecule has 2 aromatic rings. The fraction of sp³-hybridized carbons (Fsp3) is 0.312. The smallest absolute Gasteiger partial charge is 0.240 e. The van der Waals surface area contributed by atoms with E-state index in [2.05, 4.69) is 23.5 Å². The van der Waals surface area contributed by atoms with Crippen molar-refractivity contribution >= 4 is 22.4 Å². The van der Waals surface area contributed by atoms with Crippen molar-refractivity contribution in [2.24, 2.45) is 0 Å². The van der Waals surface area contributed by atoms with Gasteiger partial charge in [0.2, 0.25) is 5.91 Å². The first-order valence-corrected chi connectivity index (χ1v) is 6.73. The van der Waals surface area contributed by atoms with E-state index in [1.54, 1.807) is 4.90 Å². The minimum Gasteiger partial charge on any atom is -0.314 e. The molecule has 1 fully saturated rings. The Morgan fingerprint density at radius 2 is 1.95 bits per heavy atom. The van der Waals surface area contributed by atoms with Crippen LogP contribution in [0.25, 0.3) is 10.8 Å². The maximum absolute atomic E-state index is 12.2. The van der Waals surface area contributed by atoms with Crippen LogP contribution in [0.15, 0.2) is 42.5 Å². The summed E-state index contributed by atoms with van der Waals surface area (Å²) in [5.41, 5.74) is 0.973. The minimum atomic E-state index is 0.114. The second-order valence-electron chi connectivity index (χ2n) is 5.11. The van der Waals surface area contributed by atoms with Crippen LogP contribution >= 0.6 is 0 Å². The van der Waals surface area contributed by atoms with Gasteiger partial charge in [-0.25, -0.2) is 0 Å². The maximum atomic E-state index is 12.2. The number of rotatable bonds is 4. The molecule has 0 radical (unpaired) electrons. The molecule has 0 aliphatic heterocycles. The Bertz CT molecular complexity index is 599. The van der Waals surface area contributed by atoms with Gasteiger partial charge in [0.1, 0.15) is 0 Å². The van der Waals surface area contributed by atoms with Crippen molar-refractivity contribution in [3.63, 3.8) is 0 Å². The molecule has 0 bridgehead atoms. The molecular formula is C16H18N2O. The molecule has 0 aromatic heterocycles. The van der Waals surface area contributed by atoms with Gasteiger partial charge in [0.15, 0.2) is 0 Å².